The average molecular weight is 271 g/mol. The number of halogens is 1. The maximum atomic E-state index is 13.0. The topological polar surface area (TPSA) is 43.1 Å². The molecule has 0 amide bonds. The van der Waals surface area contributed by atoms with Gasteiger partial charge >= 0.3 is 0 Å². The standard InChI is InChI=1S/C16H14FNO2/c1-16(10-6-11(16)7-10)14-13(8-19)20-15(18-14)9-2-4-12(17)5-3-9/h2-5,8,10-11H,6-7H2,1H3. The van der Waals surface area contributed by atoms with E-state index in [1.54, 1.807) is 12.1 Å². The van der Waals surface area contributed by atoms with Gasteiger partial charge in [-0.25, -0.2) is 9.37 Å². The predicted molar refractivity (Wildman–Crippen MR) is 70.9 cm³/mol. The van der Waals surface area contributed by atoms with Gasteiger partial charge in [-0.3, -0.25) is 4.79 Å². The highest BCUT2D eigenvalue weighted by atomic mass is 19.1. The number of hydrogen-bond donors (Lipinski definition) is 0. The average Bonchev–Trinajstić information content (AvgIpc) is 2.80. The zero-order valence-electron chi connectivity index (χ0n) is 11.1. The van der Waals surface area contributed by atoms with Gasteiger partial charge in [-0.15, -0.1) is 0 Å². The zero-order valence-corrected chi connectivity index (χ0v) is 11.1. The van der Waals surface area contributed by atoms with Crippen LogP contribution in [-0.2, 0) is 5.41 Å². The Labute approximate surface area is 115 Å². The van der Waals surface area contributed by atoms with Gasteiger partial charge in [-0.05, 0) is 48.9 Å². The number of aromatic nitrogens is 1. The lowest BCUT2D eigenvalue weighted by atomic mass is 9.38. The van der Waals surface area contributed by atoms with E-state index in [-0.39, 0.29) is 11.2 Å². The van der Waals surface area contributed by atoms with Gasteiger partial charge in [0.25, 0.3) is 0 Å². The first-order valence-electron chi connectivity index (χ1n) is 6.85. The molecule has 5 rings (SSSR count). The van der Waals surface area contributed by atoms with E-state index in [1.807, 2.05) is 0 Å². The highest BCUT2D eigenvalue weighted by Crippen LogP contribution is 2.68. The van der Waals surface area contributed by atoms with Gasteiger partial charge in [0.05, 0.1) is 5.69 Å². The second kappa shape index (κ2) is 3.78. The molecule has 0 spiro atoms. The van der Waals surface area contributed by atoms with Gasteiger partial charge in [0.2, 0.25) is 5.89 Å². The van der Waals surface area contributed by atoms with Crippen LogP contribution < -0.4 is 0 Å². The minimum absolute atomic E-state index is 0.00196. The summed E-state index contributed by atoms with van der Waals surface area (Å²) in [5.74, 6) is 1.66. The molecule has 0 radical (unpaired) electrons. The third-order valence-corrected chi connectivity index (χ3v) is 5.20. The fraction of sp³-hybridized carbons (Fsp3) is 0.375. The van der Waals surface area contributed by atoms with Gasteiger partial charge < -0.3 is 4.42 Å². The van der Waals surface area contributed by atoms with Gasteiger partial charge in [0.1, 0.15) is 5.82 Å². The highest BCUT2D eigenvalue weighted by molar-refractivity contribution is 5.75. The van der Waals surface area contributed by atoms with E-state index in [9.17, 15) is 9.18 Å². The molecule has 2 bridgehead atoms. The molecule has 102 valence electrons. The lowest BCUT2D eigenvalue weighted by Gasteiger charge is -2.65. The number of aldehydes is 1. The minimum Gasteiger partial charge on any atom is -0.433 e. The summed E-state index contributed by atoms with van der Waals surface area (Å²) in [4.78, 5) is 15.8. The van der Waals surface area contributed by atoms with Crippen molar-refractivity contribution in [3.05, 3.63) is 41.5 Å². The van der Waals surface area contributed by atoms with Crippen LogP contribution in [0.1, 0.15) is 36.0 Å². The molecule has 3 nitrogen and oxygen atoms in total. The molecule has 3 aliphatic rings. The SMILES string of the molecule is CC1(c2nc(-c3ccc(F)cc3)oc2C=O)C2CC1C2. The maximum Gasteiger partial charge on any atom is 0.227 e. The van der Waals surface area contributed by atoms with Crippen LogP contribution in [0.3, 0.4) is 0 Å². The number of rotatable bonds is 3. The molecule has 3 saturated carbocycles. The normalized spacial score (nSPS) is 30.5. The van der Waals surface area contributed by atoms with Gasteiger partial charge in [0, 0.05) is 11.0 Å². The third-order valence-electron chi connectivity index (χ3n) is 5.20. The first-order valence-corrected chi connectivity index (χ1v) is 6.85. The summed E-state index contributed by atoms with van der Waals surface area (Å²) in [6, 6.07) is 5.96. The van der Waals surface area contributed by atoms with Crippen LogP contribution >= 0.6 is 0 Å². The molecular weight excluding hydrogens is 257 g/mol. The van der Waals surface area contributed by atoms with Gasteiger partial charge in [-0.2, -0.15) is 0 Å². The lowest BCUT2D eigenvalue weighted by Crippen LogP contribution is -2.62. The molecule has 0 saturated heterocycles. The van der Waals surface area contributed by atoms with E-state index in [2.05, 4.69) is 11.9 Å². The van der Waals surface area contributed by atoms with Crippen LogP contribution in [0.5, 0.6) is 0 Å². The molecule has 3 aliphatic carbocycles. The van der Waals surface area contributed by atoms with Crippen molar-refractivity contribution in [2.45, 2.75) is 25.2 Å². The number of hydrogen-bond acceptors (Lipinski definition) is 3. The minimum atomic E-state index is -0.302. The molecule has 3 fully saturated rings. The molecular formula is C16H14FNO2. The van der Waals surface area contributed by atoms with Gasteiger partial charge in [0.15, 0.2) is 12.0 Å². The Morgan fingerprint density at radius 3 is 2.45 bits per heavy atom. The monoisotopic (exact) mass is 271 g/mol. The van der Waals surface area contributed by atoms with Crippen LogP contribution in [0.15, 0.2) is 28.7 Å². The Balaban J connectivity index is 1.78. The fourth-order valence-corrected chi connectivity index (χ4v) is 3.51. The van der Waals surface area contributed by atoms with E-state index >= 15 is 0 Å². The van der Waals surface area contributed by atoms with Crippen molar-refractivity contribution < 1.29 is 13.6 Å². The molecule has 1 aromatic carbocycles. The molecule has 0 N–H and O–H groups in total. The number of carbonyl (C=O) groups is 1. The van der Waals surface area contributed by atoms with Gasteiger partial charge in [-0.1, -0.05) is 6.92 Å². The van der Waals surface area contributed by atoms with Crippen molar-refractivity contribution in [1.29, 1.82) is 0 Å². The first-order chi connectivity index (χ1) is 9.62. The maximum absolute atomic E-state index is 13.0. The Hall–Kier alpha value is -1.97. The van der Waals surface area contributed by atoms with Crippen molar-refractivity contribution in [1.82, 2.24) is 4.98 Å². The Morgan fingerprint density at radius 1 is 1.30 bits per heavy atom. The second-order valence-electron chi connectivity index (χ2n) is 6.00. The summed E-state index contributed by atoms with van der Waals surface area (Å²) in [6.07, 6.45) is 3.19. The molecule has 20 heavy (non-hydrogen) atoms. The molecule has 0 unspecified atom stereocenters. The summed E-state index contributed by atoms with van der Waals surface area (Å²) >= 11 is 0. The first kappa shape index (κ1) is 11.8. The molecule has 1 aromatic heterocycles. The smallest absolute Gasteiger partial charge is 0.227 e. The molecule has 0 atom stereocenters. The predicted octanol–water partition coefficient (Wildman–Crippen LogP) is 3.59. The summed E-state index contributed by atoms with van der Waals surface area (Å²) in [7, 11) is 0. The summed E-state index contributed by atoms with van der Waals surface area (Å²) < 4.78 is 18.5. The van der Waals surface area contributed by atoms with E-state index in [1.165, 1.54) is 25.0 Å². The zero-order chi connectivity index (χ0) is 13.9. The second-order valence-corrected chi connectivity index (χ2v) is 6.00. The quantitative estimate of drug-likeness (QED) is 0.801. The fourth-order valence-electron chi connectivity index (χ4n) is 3.51. The molecule has 4 heteroatoms. The van der Waals surface area contributed by atoms with Crippen molar-refractivity contribution in [3.63, 3.8) is 0 Å². The Kier molecular flexibility index (Phi) is 2.23. The van der Waals surface area contributed by atoms with Crippen LogP contribution in [0.2, 0.25) is 0 Å². The van der Waals surface area contributed by atoms with E-state index in [4.69, 9.17) is 4.42 Å². The summed E-state index contributed by atoms with van der Waals surface area (Å²) in [6.45, 7) is 2.16. The largest absolute Gasteiger partial charge is 0.433 e. The van der Waals surface area contributed by atoms with Crippen LogP contribution in [0.4, 0.5) is 4.39 Å². The molecule has 2 aromatic rings. The molecule has 1 heterocycles. The Morgan fingerprint density at radius 2 is 1.95 bits per heavy atom. The van der Waals surface area contributed by atoms with Crippen LogP contribution in [-0.4, -0.2) is 11.3 Å². The van der Waals surface area contributed by atoms with Crippen molar-refractivity contribution in [2.24, 2.45) is 11.8 Å². The van der Waals surface area contributed by atoms with E-state index < -0.39 is 0 Å². The highest BCUT2D eigenvalue weighted by Gasteiger charge is 2.64. The number of oxazole rings is 1. The number of nitrogens with zero attached hydrogens (tertiary/aromatic N) is 1. The molecule has 0 aliphatic heterocycles. The lowest BCUT2D eigenvalue weighted by molar-refractivity contribution is -0.108. The van der Waals surface area contributed by atoms with Crippen molar-refractivity contribution in [2.75, 3.05) is 0 Å². The third kappa shape index (κ3) is 1.34. The summed E-state index contributed by atoms with van der Waals surface area (Å²) in [5.41, 5.74) is 1.47. The summed E-state index contributed by atoms with van der Waals surface area (Å²) in [5, 5.41) is 0. The van der Waals surface area contributed by atoms with Crippen LogP contribution in [0.25, 0.3) is 11.5 Å². The van der Waals surface area contributed by atoms with E-state index in [0.717, 1.165) is 12.0 Å². The van der Waals surface area contributed by atoms with Crippen molar-refractivity contribution in [3.8, 4) is 11.5 Å². The van der Waals surface area contributed by atoms with E-state index in [0.29, 0.717) is 29.1 Å². The number of carbonyl (C=O) groups excluding carboxylic acids is 1. The number of benzene rings is 1. The van der Waals surface area contributed by atoms with Crippen molar-refractivity contribution >= 4 is 6.29 Å². The Bertz CT molecular complexity index is 675. The van der Waals surface area contributed by atoms with Crippen LogP contribution in [0, 0.1) is 17.7 Å².